The number of esters is 1. The Bertz CT molecular complexity index is 837. The van der Waals surface area contributed by atoms with Crippen LogP contribution in [0.3, 0.4) is 0 Å². The van der Waals surface area contributed by atoms with Gasteiger partial charge < -0.3 is 27.9 Å². The van der Waals surface area contributed by atoms with Crippen LogP contribution in [0.2, 0.25) is 0 Å². The molecule has 0 saturated carbocycles. The quantitative estimate of drug-likeness (QED) is 0.0262. The number of quaternary nitrogens is 1. The first-order valence-electron chi connectivity index (χ1n) is 23.3. The smallest absolute Gasteiger partial charge is 0.306 e. The van der Waals surface area contributed by atoms with Crippen molar-refractivity contribution in [1.29, 1.82) is 0 Å². The highest BCUT2D eigenvalue weighted by atomic mass is 31.2. The topological polar surface area (TPSA) is 94.1 Å². The largest absolute Gasteiger partial charge is 0.756 e. The predicted molar refractivity (Wildman–Crippen MR) is 227 cm³/mol. The maximum Gasteiger partial charge on any atom is 0.306 e. The van der Waals surface area contributed by atoms with Gasteiger partial charge in [0.25, 0.3) is 7.82 Å². The third-order valence-electron chi connectivity index (χ3n) is 10.4. The number of hydrogen-bond donors (Lipinski definition) is 0. The van der Waals surface area contributed by atoms with Crippen LogP contribution in [0, 0.1) is 0 Å². The minimum Gasteiger partial charge on any atom is -0.756 e. The molecule has 0 N–H and O–H groups in total. The first kappa shape index (κ1) is 53.5. The van der Waals surface area contributed by atoms with E-state index < -0.39 is 13.9 Å². The molecule has 0 aliphatic heterocycles. The first-order chi connectivity index (χ1) is 26.1. The normalized spacial score (nSPS) is 13.7. The van der Waals surface area contributed by atoms with Crippen molar-refractivity contribution in [3.63, 3.8) is 0 Å². The summed E-state index contributed by atoms with van der Waals surface area (Å²) in [5, 5.41) is 0. The minimum atomic E-state index is -4.52. The van der Waals surface area contributed by atoms with Crippen LogP contribution in [0.5, 0.6) is 0 Å². The van der Waals surface area contributed by atoms with Crippen LogP contribution in [0.4, 0.5) is 0 Å². The zero-order valence-corrected chi connectivity index (χ0v) is 37.6. The molecular formula is C45H92NO7P. The molecule has 9 heteroatoms. The van der Waals surface area contributed by atoms with Crippen molar-refractivity contribution in [2.24, 2.45) is 0 Å². The molecule has 0 spiro atoms. The standard InChI is InChI=1S/C45H92NO7P/c1-6-8-10-12-14-16-18-20-22-23-24-26-28-30-32-34-36-38-45(47)53-44(43-52-54(48,49)51-41-39-46(3,4)5)42-50-40-37-35-33-31-29-27-25-21-19-17-15-13-11-9-7-2/h44H,6-43H2,1-5H3. The number of rotatable bonds is 44. The lowest BCUT2D eigenvalue weighted by Gasteiger charge is -2.28. The third kappa shape index (κ3) is 42.6. The number of ether oxygens (including phenoxy) is 2. The summed E-state index contributed by atoms with van der Waals surface area (Å²) in [6, 6.07) is 0. The molecule has 8 nitrogen and oxygen atoms in total. The lowest BCUT2D eigenvalue weighted by molar-refractivity contribution is -0.870. The fourth-order valence-electron chi connectivity index (χ4n) is 6.78. The highest BCUT2D eigenvalue weighted by Crippen LogP contribution is 2.38. The van der Waals surface area contributed by atoms with Crippen LogP contribution < -0.4 is 4.89 Å². The van der Waals surface area contributed by atoms with E-state index in [4.69, 9.17) is 18.5 Å². The molecule has 54 heavy (non-hydrogen) atoms. The Morgan fingerprint density at radius 1 is 0.500 bits per heavy atom. The molecule has 2 atom stereocenters. The van der Waals surface area contributed by atoms with Gasteiger partial charge in [-0.3, -0.25) is 9.36 Å². The van der Waals surface area contributed by atoms with Gasteiger partial charge in [-0.1, -0.05) is 206 Å². The number of nitrogens with zero attached hydrogens (tertiary/aromatic N) is 1. The number of carbonyl (C=O) groups excluding carboxylic acids is 1. The molecule has 0 aliphatic carbocycles. The maximum atomic E-state index is 12.7. The Morgan fingerprint density at radius 3 is 1.22 bits per heavy atom. The summed E-state index contributed by atoms with van der Waals surface area (Å²) < 4.78 is 34.6. The maximum absolute atomic E-state index is 12.7. The fraction of sp³-hybridized carbons (Fsp3) is 0.978. The predicted octanol–water partition coefficient (Wildman–Crippen LogP) is 13.0. The van der Waals surface area contributed by atoms with Gasteiger partial charge in [-0.05, 0) is 12.8 Å². The summed E-state index contributed by atoms with van der Waals surface area (Å²) in [5.41, 5.74) is 0. The first-order valence-corrected chi connectivity index (χ1v) is 24.7. The van der Waals surface area contributed by atoms with Crippen LogP contribution in [0.15, 0.2) is 0 Å². The highest BCUT2D eigenvalue weighted by molar-refractivity contribution is 7.45. The van der Waals surface area contributed by atoms with Crippen LogP contribution in [-0.4, -0.2) is 70.7 Å². The number of carbonyl (C=O) groups is 1. The number of phosphoric acid groups is 1. The lowest BCUT2D eigenvalue weighted by atomic mass is 10.0. The number of likely N-dealkylation sites (N-methyl/N-ethyl adjacent to an activating group) is 1. The lowest BCUT2D eigenvalue weighted by Crippen LogP contribution is -2.37. The molecule has 0 bridgehead atoms. The van der Waals surface area contributed by atoms with E-state index >= 15 is 0 Å². The number of unbranched alkanes of at least 4 members (excludes halogenated alkanes) is 30. The van der Waals surface area contributed by atoms with Gasteiger partial charge in [0.2, 0.25) is 0 Å². The zero-order valence-electron chi connectivity index (χ0n) is 36.7. The molecule has 0 fully saturated rings. The van der Waals surface area contributed by atoms with Crippen LogP contribution in [0.1, 0.15) is 226 Å². The molecular weight excluding hydrogens is 697 g/mol. The van der Waals surface area contributed by atoms with E-state index in [1.807, 2.05) is 21.1 Å². The fourth-order valence-corrected chi connectivity index (χ4v) is 7.51. The SMILES string of the molecule is CCCCCCCCCCCCCCCCCCCC(=O)OC(COCCCCCCCCCCCCCCCCC)COP(=O)([O-])OCC[N+](C)(C)C. The summed E-state index contributed by atoms with van der Waals surface area (Å²) >= 11 is 0. The zero-order chi connectivity index (χ0) is 39.9. The summed E-state index contributed by atoms with van der Waals surface area (Å²) in [5.74, 6) is -0.327. The molecule has 0 aromatic carbocycles. The van der Waals surface area contributed by atoms with Gasteiger partial charge in [-0.15, -0.1) is 0 Å². The summed E-state index contributed by atoms with van der Waals surface area (Å²) in [7, 11) is 1.38. The summed E-state index contributed by atoms with van der Waals surface area (Å²) in [6.07, 6.45) is 41.1. The molecule has 0 radical (unpaired) electrons. The second-order valence-corrected chi connectivity index (χ2v) is 18.5. The van der Waals surface area contributed by atoms with Gasteiger partial charge >= 0.3 is 5.97 Å². The van der Waals surface area contributed by atoms with E-state index in [1.54, 1.807) is 0 Å². The molecule has 0 saturated heterocycles. The molecule has 0 aliphatic rings. The Balaban J connectivity index is 4.15. The van der Waals surface area contributed by atoms with Crippen molar-refractivity contribution in [3.05, 3.63) is 0 Å². The molecule has 0 aromatic heterocycles. The van der Waals surface area contributed by atoms with Gasteiger partial charge in [-0.2, -0.15) is 0 Å². The Kier molecular flexibility index (Phi) is 39.0. The van der Waals surface area contributed by atoms with E-state index in [0.29, 0.717) is 24.1 Å². The Morgan fingerprint density at radius 2 is 0.852 bits per heavy atom. The van der Waals surface area contributed by atoms with Crippen LogP contribution >= 0.6 is 7.82 Å². The van der Waals surface area contributed by atoms with Crippen molar-refractivity contribution in [1.82, 2.24) is 0 Å². The average molecular weight is 790 g/mol. The Labute approximate surface area is 336 Å². The van der Waals surface area contributed by atoms with Crippen molar-refractivity contribution < 1.29 is 37.3 Å². The van der Waals surface area contributed by atoms with E-state index in [0.717, 1.165) is 32.1 Å². The molecule has 324 valence electrons. The van der Waals surface area contributed by atoms with E-state index in [1.165, 1.54) is 173 Å². The second-order valence-electron chi connectivity index (χ2n) is 17.1. The minimum absolute atomic E-state index is 0.0315. The molecule has 2 unspecified atom stereocenters. The molecule has 0 rings (SSSR count). The van der Waals surface area contributed by atoms with Crippen molar-refractivity contribution in [2.75, 3.05) is 54.1 Å². The monoisotopic (exact) mass is 790 g/mol. The second kappa shape index (κ2) is 39.3. The summed E-state index contributed by atoms with van der Waals surface area (Å²) in [6.45, 7) is 5.48. The van der Waals surface area contributed by atoms with Crippen LogP contribution in [-0.2, 0) is 27.9 Å². The van der Waals surface area contributed by atoms with Crippen LogP contribution in [0.25, 0.3) is 0 Å². The highest BCUT2D eigenvalue weighted by Gasteiger charge is 2.20. The molecule has 0 heterocycles. The average Bonchev–Trinajstić information content (AvgIpc) is 3.12. The van der Waals surface area contributed by atoms with E-state index in [-0.39, 0.29) is 25.8 Å². The third-order valence-corrected chi connectivity index (χ3v) is 11.4. The van der Waals surface area contributed by atoms with Gasteiger partial charge in [0, 0.05) is 13.0 Å². The molecule has 0 aromatic rings. The van der Waals surface area contributed by atoms with Gasteiger partial charge in [0.1, 0.15) is 19.3 Å². The van der Waals surface area contributed by atoms with Gasteiger partial charge in [0.15, 0.2) is 0 Å². The van der Waals surface area contributed by atoms with E-state index in [9.17, 15) is 14.3 Å². The van der Waals surface area contributed by atoms with Gasteiger partial charge in [0.05, 0.1) is 34.4 Å². The Hall–Kier alpha value is -0.500. The van der Waals surface area contributed by atoms with Crippen molar-refractivity contribution in [3.8, 4) is 0 Å². The van der Waals surface area contributed by atoms with E-state index in [2.05, 4.69) is 13.8 Å². The summed E-state index contributed by atoms with van der Waals surface area (Å²) in [4.78, 5) is 25.1. The number of hydrogen-bond acceptors (Lipinski definition) is 7. The van der Waals surface area contributed by atoms with Crippen molar-refractivity contribution in [2.45, 2.75) is 232 Å². The molecule has 0 amide bonds. The van der Waals surface area contributed by atoms with Crippen molar-refractivity contribution >= 4 is 13.8 Å². The number of phosphoric ester groups is 1. The van der Waals surface area contributed by atoms with Gasteiger partial charge in [-0.25, -0.2) is 0 Å².